The molecule has 106 valence electrons. The molecule has 7 heteroatoms. The molecule has 1 heterocycles. The summed E-state index contributed by atoms with van der Waals surface area (Å²) in [6.45, 7) is 5.61. The second-order valence-electron chi connectivity index (χ2n) is 5.24. The molecule has 0 spiro atoms. The molecular weight excluding hydrogens is 260 g/mol. The maximum Gasteiger partial charge on any atom is 0.338 e. The van der Waals surface area contributed by atoms with Gasteiger partial charge in [0, 0.05) is 19.0 Å². The molecule has 1 aliphatic rings. The first-order valence-electron chi connectivity index (χ1n) is 5.54. The quantitative estimate of drug-likeness (QED) is 0.546. The predicted octanol–water partition coefficient (Wildman–Crippen LogP) is -0.0177. The second-order valence-corrected chi connectivity index (χ2v) is 5.24. The van der Waals surface area contributed by atoms with Crippen molar-refractivity contribution in [1.29, 1.82) is 0 Å². The molecule has 1 fully saturated rings. The van der Waals surface area contributed by atoms with Crippen molar-refractivity contribution in [3.8, 4) is 0 Å². The summed E-state index contributed by atoms with van der Waals surface area (Å²) in [6.07, 6.45) is 0.189. The van der Waals surface area contributed by atoms with E-state index in [9.17, 15) is 9.59 Å². The SMILES string of the molecule is COC(=O)[C@]1(C(=O)OC(C)(C)C)CC(N)CN1.Cl. The molecule has 1 aliphatic heterocycles. The van der Waals surface area contributed by atoms with Crippen LogP contribution in [-0.2, 0) is 19.1 Å². The molecule has 0 amide bonds. The largest absolute Gasteiger partial charge is 0.467 e. The standard InChI is InChI=1S/C11H20N2O4.ClH/c1-10(2,3)17-9(15)11(8(14)16-4)5-7(12)6-13-11;/h7,13H,5-6,12H2,1-4H3;1H/t7?,11-;/m0./s1. The highest BCUT2D eigenvalue weighted by molar-refractivity contribution is 6.05. The molecule has 6 nitrogen and oxygen atoms in total. The minimum absolute atomic E-state index is 0. The van der Waals surface area contributed by atoms with E-state index in [2.05, 4.69) is 10.1 Å². The Morgan fingerprint density at radius 1 is 1.33 bits per heavy atom. The van der Waals surface area contributed by atoms with Gasteiger partial charge in [-0.05, 0) is 20.8 Å². The van der Waals surface area contributed by atoms with E-state index in [1.54, 1.807) is 20.8 Å². The molecular formula is C11H21ClN2O4. The molecule has 1 saturated heterocycles. The Morgan fingerprint density at radius 3 is 2.22 bits per heavy atom. The van der Waals surface area contributed by atoms with Crippen molar-refractivity contribution >= 4 is 24.3 Å². The summed E-state index contributed by atoms with van der Waals surface area (Å²) in [5.41, 5.74) is 3.61. The van der Waals surface area contributed by atoms with Crippen LogP contribution in [0.5, 0.6) is 0 Å². The van der Waals surface area contributed by atoms with Gasteiger partial charge in [-0.3, -0.25) is 5.32 Å². The van der Waals surface area contributed by atoms with E-state index >= 15 is 0 Å². The maximum absolute atomic E-state index is 12.1. The Balaban J connectivity index is 0.00000289. The Hall–Kier alpha value is -0.850. The summed E-state index contributed by atoms with van der Waals surface area (Å²) < 4.78 is 9.90. The van der Waals surface area contributed by atoms with Crippen LogP contribution in [0.2, 0.25) is 0 Å². The number of hydrogen-bond acceptors (Lipinski definition) is 6. The van der Waals surface area contributed by atoms with Gasteiger partial charge >= 0.3 is 11.9 Å². The highest BCUT2D eigenvalue weighted by Gasteiger charge is 2.54. The molecule has 0 aromatic heterocycles. The number of rotatable bonds is 2. The van der Waals surface area contributed by atoms with Crippen LogP contribution >= 0.6 is 12.4 Å². The van der Waals surface area contributed by atoms with Crippen LogP contribution in [-0.4, -0.2) is 42.8 Å². The second kappa shape index (κ2) is 5.86. The number of esters is 2. The van der Waals surface area contributed by atoms with Gasteiger partial charge < -0.3 is 15.2 Å². The van der Waals surface area contributed by atoms with Crippen molar-refractivity contribution in [2.45, 2.75) is 44.4 Å². The summed E-state index contributed by atoms with van der Waals surface area (Å²) >= 11 is 0. The van der Waals surface area contributed by atoms with Crippen molar-refractivity contribution in [2.24, 2.45) is 5.73 Å². The number of carbonyl (C=O) groups is 2. The zero-order valence-electron chi connectivity index (χ0n) is 11.1. The van der Waals surface area contributed by atoms with E-state index < -0.39 is 23.1 Å². The number of hydrogen-bond donors (Lipinski definition) is 2. The van der Waals surface area contributed by atoms with Gasteiger partial charge in [0.2, 0.25) is 5.54 Å². The first-order chi connectivity index (χ1) is 7.71. The number of nitrogens with one attached hydrogen (secondary N) is 1. The van der Waals surface area contributed by atoms with Crippen molar-refractivity contribution in [3.63, 3.8) is 0 Å². The first kappa shape index (κ1) is 17.2. The van der Waals surface area contributed by atoms with Crippen LogP contribution in [0.15, 0.2) is 0 Å². The van der Waals surface area contributed by atoms with E-state index in [4.69, 9.17) is 10.5 Å². The topological polar surface area (TPSA) is 90.7 Å². The average Bonchev–Trinajstić information content (AvgIpc) is 2.58. The Morgan fingerprint density at radius 2 is 1.89 bits per heavy atom. The molecule has 0 bridgehead atoms. The van der Waals surface area contributed by atoms with Crippen molar-refractivity contribution in [1.82, 2.24) is 5.32 Å². The van der Waals surface area contributed by atoms with Gasteiger partial charge in [0.15, 0.2) is 0 Å². The van der Waals surface area contributed by atoms with Crippen LogP contribution in [0.3, 0.4) is 0 Å². The van der Waals surface area contributed by atoms with E-state index in [1.165, 1.54) is 7.11 Å². The lowest BCUT2D eigenvalue weighted by Gasteiger charge is -2.29. The number of ether oxygens (including phenoxy) is 2. The zero-order valence-corrected chi connectivity index (χ0v) is 11.9. The number of nitrogens with two attached hydrogens (primary N) is 1. The van der Waals surface area contributed by atoms with E-state index in [0.717, 1.165) is 0 Å². The minimum atomic E-state index is -1.46. The lowest BCUT2D eigenvalue weighted by atomic mass is 9.96. The molecule has 0 aromatic carbocycles. The van der Waals surface area contributed by atoms with Gasteiger partial charge in [-0.2, -0.15) is 0 Å². The first-order valence-corrected chi connectivity index (χ1v) is 5.54. The molecule has 0 aliphatic carbocycles. The maximum atomic E-state index is 12.1. The molecule has 2 atom stereocenters. The Labute approximate surface area is 113 Å². The van der Waals surface area contributed by atoms with Crippen LogP contribution in [0.25, 0.3) is 0 Å². The molecule has 1 rings (SSSR count). The minimum Gasteiger partial charge on any atom is -0.467 e. The molecule has 0 saturated carbocycles. The van der Waals surface area contributed by atoms with Crippen LogP contribution in [0, 0.1) is 0 Å². The van der Waals surface area contributed by atoms with Crippen LogP contribution in [0.4, 0.5) is 0 Å². The van der Waals surface area contributed by atoms with E-state index in [1.807, 2.05) is 0 Å². The Bertz CT molecular complexity index is 329. The molecule has 0 aromatic rings. The molecule has 0 radical (unpaired) electrons. The fourth-order valence-electron chi connectivity index (χ4n) is 1.78. The van der Waals surface area contributed by atoms with Crippen molar-refractivity contribution in [3.05, 3.63) is 0 Å². The highest BCUT2D eigenvalue weighted by atomic mass is 35.5. The zero-order chi connectivity index (χ0) is 13.3. The average molecular weight is 281 g/mol. The van der Waals surface area contributed by atoms with Gasteiger partial charge in [-0.1, -0.05) is 0 Å². The van der Waals surface area contributed by atoms with Gasteiger partial charge in [0.25, 0.3) is 0 Å². The predicted molar refractivity (Wildman–Crippen MR) is 68.4 cm³/mol. The normalized spacial score (nSPS) is 27.3. The lowest BCUT2D eigenvalue weighted by Crippen LogP contribution is -2.57. The van der Waals surface area contributed by atoms with E-state index in [-0.39, 0.29) is 24.9 Å². The van der Waals surface area contributed by atoms with Crippen LogP contribution < -0.4 is 11.1 Å². The third-order valence-electron chi connectivity index (χ3n) is 2.52. The van der Waals surface area contributed by atoms with Gasteiger partial charge in [0.1, 0.15) is 5.60 Å². The van der Waals surface area contributed by atoms with Gasteiger partial charge in [-0.25, -0.2) is 9.59 Å². The van der Waals surface area contributed by atoms with Gasteiger partial charge in [0.05, 0.1) is 7.11 Å². The number of carbonyl (C=O) groups excluding carboxylic acids is 2. The summed E-state index contributed by atoms with van der Waals surface area (Å²) in [4.78, 5) is 23.9. The number of halogens is 1. The summed E-state index contributed by atoms with van der Waals surface area (Å²) in [7, 11) is 1.24. The monoisotopic (exact) mass is 280 g/mol. The summed E-state index contributed by atoms with van der Waals surface area (Å²) in [5.74, 6) is -1.29. The van der Waals surface area contributed by atoms with Gasteiger partial charge in [-0.15, -0.1) is 12.4 Å². The fraction of sp³-hybridized carbons (Fsp3) is 0.818. The molecule has 3 N–H and O–H groups in total. The third kappa shape index (κ3) is 3.57. The molecule has 1 unspecified atom stereocenters. The highest BCUT2D eigenvalue weighted by Crippen LogP contribution is 2.24. The fourth-order valence-corrected chi connectivity index (χ4v) is 1.78. The lowest BCUT2D eigenvalue weighted by molar-refractivity contribution is -0.171. The third-order valence-corrected chi connectivity index (χ3v) is 2.52. The Kier molecular flexibility index (Phi) is 5.58. The molecule has 18 heavy (non-hydrogen) atoms. The summed E-state index contributed by atoms with van der Waals surface area (Å²) in [5, 5.41) is 2.82. The number of methoxy groups -OCH3 is 1. The van der Waals surface area contributed by atoms with Crippen molar-refractivity contribution in [2.75, 3.05) is 13.7 Å². The smallest absolute Gasteiger partial charge is 0.338 e. The van der Waals surface area contributed by atoms with Crippen molar-refractivity contribution < 1.29 is 19.1 Å². The summed E-state index contributed by atoms with van der Waals surface area (Å²) in [6, 6.07) is -0.262. The van der Waals surface area contributed by atoms with E-state index in [0.29, 0.717) is 6.54 Å². The van der Waals surface area contributed by atoms with Crippen LogP contribution in [0.1, 0.15) is 27.2 Å².